The first-order valence-electron chi connectivity index (χ1n) is 7.57. The number of nitrogens with zero attached hydrogens (tertiary/aromatic N) is 2. The van der Waals surface area contributed by atoms with Crippen LogP contribution >= 0.6 is 27.7 Å². The third-order valence-electron chi connectivity index (χ3n) is 3.58. The van der Waals surface area contributed by atoms with Gasteiger partial charge in [-0.1, -0.05) is 45.9 Å². The van der Waals surface area contributed by atoms with Crippen LogP contribution in [0.25, 0.3) is 16.6 Å². The molecule has 1 heterocycles. The van der Waals surface area contributed by atoms with Crippen LogP contribution in [0.2, 0.25) is 0 Å². The lowest BCUT2D eigenvalue weighted by Crippen LogP contribution is -2.22. The molecule has 0 unspecified atom stereocenters. The number of ether oxygens (including phenoxy) is 1. The summed E-state index contributed by atoms with van der Waals surface area (Å²) in [6.45, 7) is 0. The first kappa shape index (κ1) is 17.7. The molecule has 0 aliphatic heterocycles. The molecule has 2 aromatic carbocycles. The molecular weight excluding hydrogens is 404 g/mol. The second kappa shape index (κ2) is 7.84. The standard InChI is InChI=1S/C18H15BrN2O3S/c1-24-16(22)9-10-25-18-20-15-8-7-12(19)11-14(15)17(23)21(18)13-5-3-2-4-6-13/h2-8,11H,9-10H2,1H3. The number of methoxy groups -OCH3 is 1. The van der Waals surface area contributed by atoms with Crippen LogP contribution in [0.4, 0.5) is 0 Å². The van der Waals surface area contributed by atoms with Crippen LogP contribution < -0.4 is 5.56 Å². The number of halogens is 1. The van der Waals surface area contributed by atoms with Crippen molar-refractivity contribution in [2.45, 2.75) is 11.6 Å². The van der Waals surface area contributed by atoms with Crippen molar-refractivity contribution in [1.29, 1.82) is 0 Å². The van der Waals surface area contributed by atoms with Crippen LogP contribution in [-0.2, 0) is 9.53 Å². The summed E-state index contributed by atoms with van der Waals surface area (Å²) in [5.74, 6) is 0.194. The molecule has 3 rings (SSSR count). The van der Waals surface area contributed by atoms with Crippen LogP contribution in [0.3, 0.4) is 0 Å². The van der Waals surface area contributed by atoms with Gasteiger partial charge in [-0.25, -0.2) is 4.98 Å². The van der Waals surface area contributed by atoms with Crippen LogP contribution in [-0.4, -0.2) is 28.4 Å². The Morgan fingerprint density at radius 3 is 2.72 bits per heavy atom. The normalized spacial score (nSPS) is 10.8. The molecule has 25 heavy (non-hydrogen) atoms. The average molecular weight is 419 g/mol. The first-order valence-corrected chi connectivity index (χ1v) is 9.35. The van der Waals surface area contributed by atoms with Crippen molar-refractivity contribution in [3.63, 3.8) is 0 Å². The number of para-hydroxylation sites is 1. The minimum atomic E-state index is -0.286. The zero-order valence-corrected chi connectivity index (χ0v) is 15.8. The third kappa shape index (κ3) is 3.93. The maximum atomic E-state index is 13.1. The lowest BCUT2D eigenvalue weighted by atomic mass is 10.2. The topological polar surface area (TPSA) is 61.2 Å². The summed E-state index contributed by atoms with van der Waals surface area (Å²) in [6.07, 6.45) is 0.254. The molecule has 0 atom stereocenters. The highest BCUT2D eigenvalue weighted by Crippen LogP contribution is 2.23. The van der Waals surface area contributed by atoms with E-state index < -0.39 is 0 Å². The lowest BCUT2D eigenvalue weighted by molar-refractivity contribution is -0.140. The van der Waals surface area contributed by atoms with Crippen molar-refractivity contribution < 1.29 is 9.53 Å². The number of thioether (sulfide) groups is 1. The van der Waals surface area contributed by atoms with Crippen molar-refractivity contribution in [1.82, 2.24) is 9.55 Å². The minimum absolute atomic E-state index is 0.141. The number of carbonyl (C=O) groups is 1. The Morgan fingerprint density at radius 2 is 2.00 bits per heavy atom. The highest BCUT2D eigenvalue weighted by atomic mass is 79.9. The van der Waals surface area contributed by atoms with Gasteiger partial charge in [0.25, 0.3) is 5.56 Å². The number of fused-ring (bicyclic) bond motifs is 1. The Bertz CT molecular complexity index is 973. The van der Waals surface area contributed by atoms with E-state index in [-0.39, 0.29) is 17.9 Å². The van der Waals surface area contributed by atoms with Crippen molar-refractivity contribution in [3.8, 4) is 5.69 Å². The third-order valence-corrected chi connectivity index (χ3v) is 5.01. The maximum Gasteiger partial charge on any atom is 0.306 e. The highest BCUT2D eigenvalue weighted by molar-refractivity contribution is 9.10. The van der Waals surface area contributed by atoms with Crippen LogP contribution in [0.5, 0.6) is 0 Å². The van der Waals surface area contributed by atoms with E-state index in [4.69, 9.17) is 0 Å². The van der Waals surface area contributed by atoms with Crippen molar-refractivity contribution >= 4 is 44.6 Å². The van der Waals surface area contributed by atoms with Gasteiger partial charge in [-0.05, 0) is 30.3 Å². The number of benzene rings is 2. The van der Waals surface area contributed by atoms with E-state index in [1.54, 1.807) is 16.7 Å². The lowest BCUT2D eigenvalue weighted by Gasteiger charge is -2.13. The number of esters is 1. The van der Waals surface area contributed by atoms with Crippen LogP contribution in [0.15, 0.2) is 63.0 Å². The van der Waals surface area contributed by atoms with Gasteiger partial charge in [0.2, 0.25) is 0 Å². The molecule has 0 aliphatic carbocycles. The molecule has 0 radical (unpaired) electrons. The first-order chi connectivity index (χ1) is 12.1. The van der Waals surface area contributed by atoms with Gasteiger partial charge in [0.1, 0.15) is 0 Å². The summed E-state index contributed by atoms with van der Waals surface area (Å²) in [4.78, 5) is 29.0. The van der Waals surface area contributed by atoms with E-state index in [1.165, 1.54) is 18.9 Å². The van der Waals surface area contributed by atoms with Gasteiger partial charge in [-0.3, -0.25) is 14.2 Å². The fraction of sp³-hybridized carbons (Fsp3) is 0.167. The fourth-order valence-corrected chi connectivity index (χ4v) is 3.66. The molecule has 0 N–H and O–H groups in total. The number of hydrogen-bond acceptors (Lipinski definition) is 5. The minimum Gasteiger partial charge on any atom is -0.469 e. The molecule has 128 valence electrons. The summed E-state index contributed by atoms with van der Waals surface area (Å²) in [5, 5.41) is 1.09. The summed E-state index contributed by atoms with van der Waals surface area (Å²) in [5.41, 5.74) is 1.22. The SMILES string of the molecule is COC(=O)CCSc1nc2ccc(Br)cc2c(=O)n1-c1ccccc1. The largest absolute Gasteiger partial charge is 0.469 e. The van der Waals surface area contributed by atoms with Gasteiger partial charge in [0.05, 0.1) is 30.1 Å². The Balaban J connectivity index is 2.11. The van der Waals surface area contributed by atoms with E-state index in [0.29, 0.717) is 21.8 Å². The Morgan fingerprint density at radius 1 is 1.24 bits per heavy atom. The van der Waals surface area contributed by atoms with Crippen molar-refractivity contribution in [2.75, 3.05) is 12.9 Å². The average Bonchev–Trinajstić information content (AvgIpc) is 2.63. The molecule has 0 saturated heterocycles. The van der Waals surface area contributed by atoms with Gasteiger partial charge in [0, 0.05) is 10.2 Å². The molecule has 0 saturated carbocycles. The number of hydrogen-bond donors (Lipinski definition) is 0. The molecule has 0 amide bonds. The molecule has 5 nitrogen and oxygen atoms in total. The van der Waals surface area contributed by atoms with E-state index in [9.17, 15) is 9.59 Å². The summed E-state index contributed by atoms with van der Waals surface area (Å²) in [6, 6.07) is 14.8. The molecule has 0 fully saturated rings. The second-order valence-electron chi connectivity index (χ2n) is 5.21. The Hall–Kier alpha value is -2.12. The molecule has 0 bridgehead atoms. The molecule has 7 heteroatoms. The molecule has 0 aliphatic rings. The summed E-state index contributed by atoms with van der Waals surface area (Å²) >= 11 is 4.76. The summed E-state index contributed by atoms with van der Waals surface area (Å²) < 4.78 is 7.07. The van der Waals surface area contributed by atoms with E-state index in [2.05, 4.69) is 25.7 Å². The highest BCUT2D eigenvalue weighted by Gasteiger charge is 2.14. The van der Waals surface area contributed by atoms with E-state index in [0.717, 1.165) is 10.2 Å². The van der Waals surface area contributed by atoms with Gasteiger partial charge in [-0.2, -0.15) is 0 Å². The Kier molecular flexibility index (Phi) is 5.55. The quantitative estimate of drug-likeness (QED) is 0.358. The van der Waals surface area contributed by atoms with Gasteiger partial charge in [0.15, 0.2) is 5.16 Å². The van der Waals surface area contributed by atoms with Crippen LogP contribution in [0.1, 0.15) is 6.42 Å². The molecule has 3 aromatic rings. The fourth-order valence-electron chi connectivity index (χ4n) is 2.37. The number of carbonyl (C=O) groups excluding carboxylic acids is 1. The zero-order valence-electron chi connectivity index (χ0n) is 13.4. The van der Waals surface area contributed by atoms with E-state index >= 15 is 0 Å². The smallest absolute Gasteiger partial charge is 0.306 e. The predicted molar refractivity (Wildman–Crippen MR) is 102 cm³/mol. The molecule has 1 aromatic heterocycles. The van der Waals surface area contributed by atoms with Crippen LogP contribution in [0, 0.1) is 0 Å². The molecule has 0 spiro atoms. The monoisotopic (exact) mass is 418 g/mol. The number of aromatic nitrogens is 2. The zero-order chi connectivity index (χ0) is 17.8. The predicted octanol–water partition coefficient (Wildman–Crippen LogP) is 3.80. The molecular formula is C18H15BrN2O3S. The maximum absolute atomic E-state index is 13.1. The van der Waals surface area contributed by atoms with Gasteiger partial charge >= 0.3 is 5.97 Å². The van der Waals surface area contributed by atoms with Crippen molar-refractivity contribution in [2.24, 2.45) is 0 Å². The Labute approximate surface area is 157 Å². The summed E-state index contributed by atoms with van der Waals surface area (Å²) in [7, 11) is 1.36. The van der Waals surface area contributed by atoms with E-state index in [1.807, 2.05) is 36.4 Å². The van der Waals surface area contributed by atoms with Gasteiger partial charge < -0.3 is 4.74 Å². The van der Waals surface area contributed by atoms with Gasteiger partial charge in [-0.15, -0.1) is 0 Å². The second-order valence-corrected chi connectivity index (χ2v) is 7.18. The number of rotatable bonds is 5. The van der Waals surface area contributed by atoms with Crippen molar-refractivity contribution in [3.05, 3.63) is 63.4 Å².